The van der Waals surface area contributed by atoms with Crippen LogP contribution in [0.5, 0.6) is 0 Å². The van der Waals surface area contributed by atoms with E-state index in [0.29, 0.717) is 12.0 Å². The van der Waals surface area contributed by atoms with Crippen molar-refractivity contribution in [3.63, 3.8) is 0 Å². The number of ether oxygens (including phenoxy) is 1. The van der Waals surface area contributed by atoms with Gasteiger partial charge in [-0.3, -0.25) is 14.9 Å². The van der Waals surface area contributed by atoms with Gasteiger partial charge in [0.15, 0.2) is 0 Å². The van der Waals surface area contributed by atoms with Gasteiger partial charge in [-0.25, -0.2) is 0 Å². The normalized spacial score (nSPS) is 9.20. The largest absolute Gasteiger partial charge is 0.505 e. The first-order valence-corrected chi connectivity index (χ1v) is 4.22. The maximum Gasteiger partial charge on any atom is 0.254 e. The molecule has 5 heteroatoms. The fraction of sp³-hybridized carbons (Fsp3) is 0.400. The molecule has 0 atom stereocenters. The first-order valence-electron chi connectivity index (χ1n) is 4.22. The van der Waals surface area contributed by atoms with E-state index in [4.69, 9.17) is 0 Å². The Kier molecular flexibility index (Phi) is 10.8. The minimum absolute atomic E-state index is 0.367. The van der Waals surface area contributed by atoms with Crippen molar-refractivity contribution in [2.24, 2.45) is 0 Å². The van der Waals surface area contributed by atoms with Gasteiger partial charge in [-0.2, -0.15) is 0 Å². The van der Waals surface area contributed by atoms with E-state index >= 15 is 0 Å². The van der Waals surface area contributed by atoms with Crippen molar-refractivity contribution >= 4 is 12.3 Å². The lowest BCUT2D eigenvalue weighted by atomic mass is 10.3. The summed E-state index contributed by atoms with van der Waals surface area (Å²) in [5.41, 5.74) is 0.502. The molecule has 0 aliphatic carbocycles. The summed E-state index contributed by atoms with van der Waals surface area (Å²) in [7, 11) is 5.17. The van der Waals surface area contributed by atoms with Crippen molar-refractivity contribution in [1.82, 2.24) is 10.2 Å². The number of nitrogens with one attached hydrogen (secondary N) is 1. The van der Waals surface area contributed by atoms with Crippen LogP contribution >= 0.6 is 0 Å². The van der Waals surface area contributed by atoms with Gasteiger partial charge in [0, 0.05) is 25.9 Å². The quantitative estimate of drug-likeness (QED) is 0.420. The highest BCUT2D eigenvalue weighted by atomic mass is 16.5. The predicted molar refractivity (Wildman–Crippen MR) is 58.9 cm³/mol. The molecular weight excluding hydrogens is 196 g/mol. The van der Waals surface area contributed by atoms with Crippen LogP contribution < -0.4 is 5.32 Å². The smallest absolute Gasteiger partial charge is 0.254 e. The summed E-state index contributed by atoms with van der Waals surface area (Å²) in [6.45, 7) is 4.89. The molecule has 0 rings (SSSR count). The number of carbonyl (C=O) groups is 2. The van der Waals surface area contributed by atoms with Gasteiger partial charge in [0.1, 0.15) is 0 Å². The van der Waals surface area contributed by atoms with Crippen LogP contribution in [0.4, 0.5) is 0 Å². The minimum atomic E-state index is -0.367. The van der Waals surface area contributed by atoms with Crippen LogP contribution in [0.3, 0.4) is 0 Å². The molecule has 0 unspecified atom stereocenters. The van der Waals surface area contributed by atoms with Crippen LogP contribution in [0.1, 0.15) is 6.92 Å². The third-order valence-electron chi connectivity index (χ3n) is 1.17. The number of imide groups is 1. The van der Waals surface area contributed by atoms with Crippen molar-refractivity contribution in [3.05, 3.63) is 24.6 Å². The lowest BCUT2D eigenvalue weighted by Gasteiger charge is -2.05. The number of amides is 2. The molecule has 0 saturated heterocycles. The van der Waals surface area contributed by atoms with E-state index in [-0.39, 0.29) is 5.91 Å². The fourth-order valence-electron chi connectivity index (χ4n) is 0.613. The lowest BCUT2D eigenvalue weighted by molar-refractivity contribution is -0.122. The average molecular weight is 214 g/mol. The molecule has 1 N–H and O–H groups in total. The van der Waals surface area contributed by atoms with Crippen LogP contribution in [0.2, 0.25) is 0 Å². The highest BCUT2D eigenvalue weighted by molar-refractivity contribution is 5.98. The van der Waals surface area contributed by atoms with E-state index in [2.05, 4.69) is 11.3 Å². The van der Waals surface area contributed by atoms with Gasteiger partial charge < -0.3 is 9.64 Å². The molecule has 5 nitrogen and oxygen atoms in total. The van der Waals surface area contributed by atoms with Gasteiger partial charge in [-0.05, 0) is 6.92 Å². The Hall–Kier alpha value is -1.78. The molecule has 0 saturated carbocycles. The second-order valence-corrected chi connectivity index (χ2v) is 2.77. The highest BCUT2D eigenvalue weighted by Crippen LogP contribution is 1.92. The number of hydrogen-bond acceptors (Lipinski definition) is 4. The van der Waals surface area contributed by atoms with Crippen molar-refractivity contribution < 1.29 is 14.3 Å². The fourth-order valence-corrected chi connectivity index (χ4v) is 0.613. The Morgan fingerprint density at radius 2 is 1.93 bits per heavy atom. The molecular formula is C10H18N2O3. The van der Waals surface area contributed by atoms with Gasteiger partial charge in [-0.15, -0.1) is 0 Å². The van der Waals surface area contributed by atoms with Crippen molar-refractivity contribution in [3.8, 4) is 0 Å². The van der Waals surface area contributed by atoms with Crippen LogP contribution in [0.15, 0.2) is 24.6 Å². The van der Waals surface area contributed by atoms with Gasteiger partial charge in [-0.1, -0.05) is 6.58 Å². The van der Waals surface area contributed by atoms with Crippen molar-refractivity contribution in [2.45, 2.75) is 6.92 Å². The zero-order valence-electron chi connectivity index (χ0n) is 9.61. The maximum absolute atomic E-state index is 10.8. The predicted octanol–water partition coefficient (Wildman–Crippen LogP) is 0.501. The number of hydrogen-bond donors (Lipinski definition) is 1. The molecule has 86 valence electrons. The second kappa shape index (κ2) is 10.3. The molecule has 0 radical (unpaired) electrons. The Balaban J connectivity index is 0. The molecule has 0 fully saturated rings. The topological polar surface area (TPSA) is 58.6 Å². The van der Waals surface area contributed by atoms with E-state index < -0.39 is 0 Å². The Morgan fingerprint density at radius 3 is 2.20 bits per heavy atom. The number of nitrogens with zero attached hydrogens (tertiary/aromatic N) is 1. The van der Waals surface area contributed by atoms with E-state index in [0.717, 1.165) is 0 Å². The summed E-state index contributed by atoms with van der Waals surface area (Å²) >= 11 is 0. The average Bonchev–Trinajstić information content (AvgIpc) is 2.17. The molecule has 0 aromatic carbocycles. The minimum Gasteiger partial charge on any atom is -0.505 e. The van der Waals surface area contributed by atoms with Crippen LogP contribution in [0, 0.1) is 0 Å². The SMILES string of the molecule is C/C(=C/N(C)C)C(=O)NC=O.C=COC. The first-order chi connectivity index (χ1) is 6.99. The summed E-state index contributed by atoms with van der Waals surface area (Å²) < 4.78 is 4.31. The third-order valence-corrected chi connectivity index (χ3v) is 1.17. The molecule has 0 aliphatic heterocycles. The molecule has 0 aliphatic rings. The van der Waals surface area contributed by atoms with Gasteiger partial charge in [0.2, 0.25) is 6.41 Å². The molecule has 0 bridgehead atoms. The first kappa shape index (κ1) is 15.7. The van der Waals surface area contributed by atoms with Gasteiger partial charge in [0.05, 0.1) is 13.4 Å². The number of methoxy groups -OCH3 is 1. The third kappa shape index (κ3) is 12.2. The van der Waals surface area contributed by atoms with Gasteiger partial charge >= 0.3 is 0 Å². The lowest BCUT2D eigenvalue weighted by Crippen LogP contribution is -2.23. The number of carbonyl (C=O) groups excluding carboxylic acids is 2. The van der Waals surface area contributed by atoms with E-state index in [1.54, 1.807) is 39.2 Å². The van der Waals surface area contributed by atoms with Gasteiger partial charge in [0.25, 0.3) is 5.91 Å². The molecule has 15 heavy (non-hydrogen) atoms. The van der Waals surface area contributed by atoms with Crippen molar-refractivity contribution in [1.29, 1.82) is 0 Å². The summed E-state index contributed by atoms with van der Waals surface area (Å²) in [5, 5.41) is 2.04. The van der Waals surface area contributed by atoms with Crippen molar-refractivity contribution in [2.75, 3.05) is 21.2 Å². The zero-order chi connectivity index (χ0) is 12.3. The Labute approximate surface area is 90.4 Å². The molecule has 0 aromatic heterocycles. The van der Waals surface area contributed by atoms with E-state index in [9.17, 15) is 9.59 Å². The summed E-state index contributed by atoms with van der Waals surface area (Å²) in [6.07, 6.45) is 3.38. The van der Waals surface area contributed by atoms with E-state index in [1.165, 1.54) is 6.26 Å². The maximum atomic E-state index is 10.8. The van der Waals surface area contributed by atoms with E-state index in [1.807, 2.05) is 5.32 Å². The van der Waals surface area contributed by atoms with Crippen LogP contribution in [0.25, 0.3) is 0 Å². The van der Waals surface area contributed by atoms with Crippen LogP contribution in [-0.2, 0) is 14.3 Å². The monoisotopic (exact) mass is 214 g/mol. The Bertz CT molecular complexity index is 235. The molecule has 0 heterocycles. The molecule has 0 spiro atoms. The zero-order valence-corrected chi connectivity index (χ0v) is 9.61. The molecule has 0 aromatic rings. The molecule has 2 amide bonds. The van der Waals surface area contributed by atoms with Crippen LogP contribution in [-0.4, -0.2) is 38.4 Å². The summed E-state index contributed by atoms with van der Waals surface area (Å²) in [6, 6.07) is 0. The Morgan fingerprint density at radius 1 is 1.47 bits per heavy atom. The summed E-state index contributed by atoms with van der Waals surface area (Å²) in [4.78, 5) is 22.4. The second-order valence-electron chi connectivity index (χ2n) is 2.77. The highest BCUT2D eigenvalue weighted by Gasteiger charge is 2.01. The summed E-state index contributed by atoms with van der Waals surface area (Å²) in [5.74, 6) is -0.367. The number of rotatable bonds is 4. The standard InChI is InChI=1S/C7H12N2O2.C3H6O/c1-6(4-9(2)3)7(11)8-5-10;1-3-4-2/h4-5H,1-3H3,(H,8,10,11);3H,1H2,2H3/b6-4-;.